The number of hydrogen-bond acceptors (Lipinski definition) is 1. The Labute approximate surface area is 80.5 Å². The molecule has 0 saturated heterocycles. The molecule has 0 aliphatic carbocycles. The molecule has 4 heteroatoms. The number of aromatic nitrogens is 2. The molecule has 2 N–H and O–H groups in total. The first-order chi connectivity index (χ1) is 5.79. The van der Waals surface area contributed by atoms with Crippen molar-refractivity contribution in [2.24, 2.45) is 5.73 Å². The van der Waals surface area contributed by atoms with E-state index in [-0.39, 0.29) is 0 Å². The van der Waals surface area contributed by atoms with Gasteiger partial charge in [-0.1, -0.05) is 0 Å². The van der Waals surface area contributed by atoms with Crippen molar-refractivity contribution in [1.29, 1.82) is 0 Å². The van der Waals surface area contributed by atoms with Crippen LogP contribution in [0.4, 0.5) is 0 Å². The van der Waals surface area contributed by atoms with E-state index in [4.69, 9.17) is 5.73 Å². The average Bonchev–Trinajstić information content (AvgIpc) is 2.43. The standard InChI is InChI=1S/C8H15N3Se/c1-2-10-6-7-11(8(10)12)5-3-4-9/h6-7H,2-5,9H2,1H3. The fourth-order valence-electron chi connectivity index (χ4n) is 1.13. The monoisotopic (exact) mass is 233 g/mol. The van der Waals surface area contributed by atoms with Crippen LogP contribution in [0.5, 0.6) is 0 Å². The average molecular weight is 232 g/mol. The van der Waals surface area contributed by atoms with E-state index in [0.29, 0.717) is 0 Å². The van der Waals surface area contributed by atoms with E-state index >= 15 is 0 Å². The van der Waals surface area contributed by atoms with Gasteiger partial charge in [-0.25, -0.2) is 0 Å². The summed E-state index contributed by atoms with van der Waals surface area (Å²) in [5.41, 5.74) is 5.44. The fourth-order valence-corrected chi connectivity index (χ4v) is 1.84. The predicted octanol–water partition coefficient (Wildman–Crippen LogP) is 0.359. The van der Waals surface area contributed by atoms with Crippen molar-refractivity contribution in [1.82, 2.24) is 9.13 Å². The minimum absolute atomic E-state index is 0.754. The van der Waals surface area contributed by atoms with Crippen molar-refractivity contribution in [3.8, 4) is 0 Å². The Bertz CT molecular complexity index is 287. The molecule has 0 aromatic carbocycles. The zero-order valence-corrected chi connectivity index (χ0v) is 9.08. The number of nitrogens with zero attached hydrogens (tertiary/aromatic N) is 2. The molecule has 1 rings (SSSR count). The number of rotatable bonds is 4. The van der Waals surface area contributed by atoms with Crippen molar-refractivity contribution < 1.29 is 0 Å². The molecule has 0 amide bonds. The van der Waals surface area contributed by atoms with Gasteiger partial charge in [0.05, 0.1) is 0 Å². The minimum atomic E-state index is 0.754. The van der Waals surface area contributed by atoms with E-state index in [9.17, 15) is 0 Å². The quantitative estimate of drug-likeness (QED) is 0.747. The zero-order chi connectivity index (χ0) is 8.97. The Kier molecular flexibility index (Phi) is 3.79. The van der Waals surface area contributed by atoms with Crippen molar-refractivity contribution in [2.45, 2.75) is 26.4 Å². The summed E-state index contributed by atoms with van der Waals surface area (Å²) >= 11 is 3.06. The molecule has 0 saturated carbocycles. The second-order valence-corrected chi connectivity index (χ2v) is 3.47. The third-order valence-corrected chi connectivity index (χ3v) is 2.85. The maximum atomic E-state index is 5.44. The van der Waals surface area contributed by atoms with Gasteiger partial charge < -0.3 is 0 Å². The summed E-state index contributed by atoms with van der Waals surface area (Å²) in [5.74, 6) is 0. The summed E-state index contributed by atoms with van der Waals surface area (Å²) in [6, 6.07) is 0. The van der Waals surface area contributed by atoms with Crippen molar-refractivity contribution in [2.75, 3.05) is 6.54 Å². The van der Waals surface area contributed by atoms with Gasteiger partial charge in [0.25, 0.3) is 0 Å². The summed E-state index contributed by atoms with van der Waals surface area (Å²) in [6.07, 6.45) is 5.21. The van der Waals surface area contributed by atoms with E-state index in [1.54, 1.807) is 0 Å². The summed E-state index contributed by atoms with van der Waals surface area (Å²) < 4.78 is 5.55. The van der Waals surface area contributed by atoms with Crippen LogP contribution in [-0.2, 0) is 13.1 Å². The molecule has 0 spiro atoms. The SMILES string of the molecule is CCn1ccn(CCCN)c1=[Se]. The first-order valence-corrected chi connectivity index (χ1v) is 5.11. The molecule has 0 unspecified atom stereocenters. The molecule has 1 aromatic heterocycles. The molecular weight excluding hydrogens is 217 g/mol. The van der Waals surface area contributed by atoms with E-state index < -0.39 is 0 Å². The molecule has 0 atom stereocenters. The Morgan fingerprint density at radius 3 is 2.58 bits per heavy atom. The normalized spacial score (nSPS) is 10.5. The first-order valence-electron chi connectivity index (χ1n) is 4.25. The van der Waals surface area contributed by atoms with Crippen LogP contribution in [0.25, 0.3) is 0 Å². The molecule has 3 nitrogen and oxygen atoms in total. The third kappa shape index (κ3) is 2.09. The van der Waals surface area contributed by atoms with E-state index in [2.05, 4.69) is 44.0 Å². The van der Waals surface area contributed by atoms with E-state index in [0.717, 1.165) is 26.1 Å². The van der Waals surface area contributed by atoms with Gasteiger partial charge in [-0.15, -0.1) is 0 Å². The van der Waals surface area contributed by atoms with Gasteiger partial charge >= 0.3 is 80.1 Å². The van der Waals surface area contributed by atoms with Crippen LogP contribution in [0.15, 0.2) is 12.4 Å². The van der Waals surface area contributed by atoms with Gasteiger partial charge in [0.15, 0.2) is 0 Å². The predicted molar refractivity (Wildman–Crippen MR) is 50.8 cm³/mol. The van der Waals surface area contributed by atoms with Gasteiger partial charge in [0, 0.05) is 0 Å². The van der Waals surface area contributed by atoms with E-state index in [1.165, 1.54) is 4.32 Å². The number of hydrogen-bond donors (Lipinski definition) is 1. The number of aryl methyl sites for hydroxylation is 2. The maximum absolute atomic E-state index is 5.44. The number of imidazole rings is 1. The Morgan fingerprint density at radius 1 is 1.42 bits per heavy atom. The second-order valence-electron chi connectivity index (χ2n) is 2.70. The fraction of sp³-hybridized carbons (Fsp3) is 0.625. The molecular formula is C8H15N3Se. The number of nitrogens with two attached hydrogens (primary N) is 1. The molecule has 68 valence electrons. The molecule has 0 fully saturated rings. The Hall–Kier alpha value is -0.311. The summed E-state index contributed by atoms with van der Waals surface area (Å²) in [7, 11) is 0. The summed E-state index contributed by atoms with van der Waals surface area (Å²) in [4.78, 5) is 0. The molecule has 0 bridgehead atoms. The van der Waals surface area contributed by atoms with Gasteiger partial charge in [0.1, 0.15) is 0 Å². The summed E-state index contributed by atoms with van der Waals surface area (Å²) in [6.45, 7) is 4.90. The van der Waals surface area contributed by atoms with Crippen LogP contribution in [0.1, 0.15) is 13.3 Å². The van der Waals surface area contributed by atoms with Crippen LogP contribution in [0.2, 0.25) is 0 Å². The van der Waals surface area contributed by atoms with E-state index in [1.807, 2.05) is 0 Å². The van der Waals surface area contributed by atoms with Gasteiger partial charge in [-0.05, 0) is 0 Å². The van der Waals surface area contributed by atoms with Crippen LogP contribution in [-0.4, -0.2) is 31.3 Å². The van der Waals surface area contributed by atoms with Crippen LogP contribution in [0, 0.1) is 4.32 Å². The summed E-state index contributed by atoms with van der Waals surface area (Å²) in [5, 5.41) is 0. The molecule has 0 radical (unpaired) electrons. The molecule has 1 aromatic rings. The van der Waals surface area contributed by atoms with Gasteiger partial charge in [0.2, 0.25) is 0 Å². The second kappa shape index (κ2) is 4.65. The van der Waals surface area contributed by atoms with Crippen molar-refractivity contribution in [3.63, 3.8) is 0 Å². The van der Waals surface area contributed by atoms with Gasteiger partial charge in [-0.2, -0.15) is 0 Å². The molecule has 1 heterocycles. The van der Waals surface area contributed by atoms with Crippen LogP contribution in [0.3, 0.4) is 0 Å². The molecule has 0 aliphatic rings. The zero-order valence-electron chi connectivity index (χ0n) is 7.36. The Balaban J connectivity index is 2.73. The van der Waals surface area contributed by atoms with Crippen LogP contribution < -0.4 is 5.73 Å². The topological polar surface area (TPSA) is 35.9 Å². The Morgan fingerprint density at radius 2 is 2.08 bits per heavy atom. The first kappa shape index (κ1) is 9.78. The van der Waals surface area contributed by atoms with Crippen molar-refractivity contribution >= 4 is 15.6 Å². The van der Waals surface area contributed by atoms with Crippen LogP contribution >= 0.6 is 0 Å². The molecule has 12 heavy (non-hydrogen) atoms. The molecule has 0 aliphatic heterocycles. The van der Waals surface area contributed by atoms with Crippen molar-refractivity contribution in [3.05, 3.63) is 16.7 Å². The van der Waals surface area contributed by atoms with Gasteiger partial charge in [-0.3, -0.25) is 0 Å². The third-order valence-electron chi connectivity index (χ3n) is 1.86.